The first-order valence-electron chi connectivity index (χ1n) is 5.52. The number of hydrogen-bond acceptors (Lipinski definition) is 3. The molecule has 1 aromatic rings. The molecule has 0 saturated heterocycles. The summed E-state index contributed by atoms with van der Waals surface area (Å²) in [5.74, 6) is -0.234. The Morgan fingerprint density at radius 3 is 2.59 bits per heavy atom. The fourth-order valence-corrected chi connectivity index (χ4v) is 2.04. The molecule has 0 saturated carbocycles. The van der Waals surface area contributed by atoms with E-state index in [1.165, 1.54) is 11.8 Å². The second-order valence-electron chi connectivity index (χ2n) is 4.50. The molecule has 1 aromatic carbocycles. The van der Waals surface area contributed by atoms with Crippen LogP contribution >= 0.6 is 11.8 Å². The Labute approximate surface area is 107 Å². The van der Waals surface area contributed by atoms with E-state index in [1.807, 2.05) is 37.5 Å². The molecule has 0 spiro atoms. The van der Waals surface area contributed by atoms with Gasteiger partial charge in [-0.15, -0.1) is 0 Å². The van der Waals surface area contributed by atoms with Gasteiger partial charge < -0.3 is 4.74 Å². The van der Waals surface area contributed by atoms with Crippen LogP contribution in [0.5, 0.6) is 0 Å². The second kappa shape index (κ2) is 6.50. The van der Waals surface area contributed by atoms with Crippen molar-refractivity contribution >= 4 is 17.7 Å². The van der Waals surface area contributed by atoms with E-state index in [1.54, 1.807) is 11.8 Å². The average molecular weight is 250 g/mol. The van der Waals surface area contributed by atoms with E-state index < -0.39 is 0 Å². The lowest BCUT2D eigenvalue weighted by Gasteiger charge is -2.19. The van der Waals surface area contributed by atoms with Crippen molar-refractivity contribution in [3.63, 3.8) is 0 Å². The van der Waals surface area contributed by atoms with Gasteiger partial charge in [0.25, 0.3) is 0 Å². The van der Waals surface area contributed by atoms with E-state index in [0.717, 1.165) is 0 Å². The Balaban J connectivity index is 2.44. The zero-order valence-electron chi connectivity index (χ0n) is 10.5. The van der Waals surface area contributed by atoms with Crippen molar-refractivity contribution in [2.75, 3.05) is 6.61 Å². The second-order valence-corrected chi connectivity index (χ2v) is 5.48. The Hall–Kier alpha value is -1.22. The van der Waals surface area contributed by atoms with Gasteiger partial charge in [-0.25, -0.2) is 0 Å². The molecule has 0 aliphatic carbocycles. The van der Waals surface area contributed by atoms with Gasteiger partial charge in [0.2, 0.25) is 0 Å². The maximum Gasteiger partial charge on any atom is 0.302 e. The summed E-state index contributed by atoms with van der Waals surface area (Å²) < 4.78 is 5.01. The van der Waals surface area contributed by atoms with Gasteiger partial charge in [-0.3, -0.25) is 4.79 Å². The summed E-state index contributed by atoms with van der Waals surface area (Å²) >= 11 is 1.66. The molecule has 92 valence electrons. The number of carbonyl (C=O) groups is 1. The van der Waals surface area contributed by atoms with Gasteiger partial charge in [0, 0.05) is 17.2 Å². The predicted octanol–water partition coefficient (Wildman–Crippen LogP) is 3.88. The van der Waals surface area contributed by atoms with E-state index >= 15 is 0 Å². The Morgan fingerprint density at radius 2 is 2.00 bits per heavy atom. The van der Waals surface area contributed by atoms with E-state index in [9.17, 15) is 4.79 Å². The molecule has 3 heteroatoms. The van der Waals surface area contributed by atoms with Gasteiger partial charge in [0.15, 0.2) is 0 Å². The van der Waals surface area contributed by atoms with Gasteiger partial charge in [-0.05, 0) is 17.5 Å². The van der Waals surface area contributed by atoms with Gasteiger partial charge in [-0.1, -0.05) is 49.9 Å². The maximum absolute atomic E-state index is 10.7. The van der Waals surface area contributed by atoms with Crippen molar-refractivity contribution in [3.8, 4) is 0 Å². The third-order valence-electron chi connectivity index (χ3n) is 2.11. The van der Waals surface area contributed by atoms with Crippen LogP contribution in [0, 0.1) is 5.41 Å². The summed E-state index contributed by atoms with van der Waals surface area (Å²) in [5.41, 5.74) is -0.131. The lowest BCUT2D eigenvalue weighted by molar-refractivity contribution is -0.143. The van der Waals surface area contributed by atoms with E-state index in [0.29, 0.717) is 6.61 Å². The van der Waals surface area contributed by atoms with Crippen molar-refractivity contribution < 1.29 is 9.53 Å². The highest BCUT2D eigenvalue weighted by molar-refractivity contribution is 8.02. The fourth-order valence-electron chi connectivity index (χ4n) is 1.13. The predicted molar refractivity (Wildman–Crippen MR) is 71.9 cm³/mol. The third kappa shape index (κ3) is 6.17. The fraction of sp³-hybridized carbons (Fsp3) is 0.357. The summed E-state index contributed by atoms with van der Waals surface area (Å²) in [6.07, 6.45) is 2.06. The van der Waals surface area contributed by atoms with E-state index in [-0.39, 0.29) is 11.4 Å². The Morgan fingerprint density at radius 1 is 1.35 bits per heavy atom. The van der Waals surface area contributed by atoms with Crippen LogP contribution in [0.3, 0.4) is 0 Å². The van der Waals surface area contributed by atoms with Crippen molar-refractivity contribution in [1.29, 1.82) is 0 Å². The first-order valence-corrected chi connectivity index (χ1v) is 6.40. The summed E-state index contributed by atoms with van der Waals surface area (Å²) in [6, 6.07) is 10.2. The number of benzene rings is 1. The zero-order chi connectivity index (χ0) is 12.7. The van der Waals surface area contributed by atoms with Crippen molar-refractivity contribution in [2.24, 2.45) is 5.41 Å². The van der Waals surface area contributed by atoms with Crippen LogP contribution < -0.4 is 0 Å². The lowest BCUT2D eigenvalue weighted by Crippen LogP contribution is -2.18. The molecular formula is C14H18O2S. The number of esters is 1. The van der Waals surface area contributed by atoms with Crippen LogP contribution in [0.25, 0.3) is 0 Å². The summed E-state index contributed by atoms with van der Waals surface area (Å²) in [5, 5.41) is 2.04. The standard InChI is InChI=1S/C14H18O2S/c1-12(15)16-11-14(2,3)9-10-17-13-7-5-4-6-8-13/h4-10H,11H2,1-3H3/b10-9+. The van der Waals surface area contributed by atoms with Crippen LogP contribution in [0.2, 0.25) is 0 Å². The van der Waals surface area contributed by atoms with Gasteiger partial charge in [0.05, 0.1) is 6.61 Å². The minimum Gasteiger partial charge on any atom is -0.465 e. The van der Waals surface area contributed by atoms with E-state index in [4.69, 9.17) is 4.74 Å². The Kier molecular flexibility index (Phi) is 5.29. The lowest BCUT2D eigenvalue weighted by atomic mass is 9.95. The third-order valence-corrected chi connectivity index (χ3v) is 2.93. The molecule has 0 heterocycles. The summed E-state index contributed by atoms with van der Waals surface area (Å²) in [6.45, 7) is 5.92. The van der Waals surface area contributed by atoms with Gasteiger partial charge >= 0.3 is 5.97 Å². The van der Waals surface area contributed by atoms with Crippen LogP contribution in [0.1, 0.15) is 20.8 Å². The maximum atomic E-state index is 10.7. The van der Waals surface area contributed by atoms with Crippen molar-refractivity contribution in [2.45, 2.75) is 25.7 Å². The SMILES string of the molecule is CC(=O)OCC(C)(C)/C=C/Sc1ccccc1. The summed E-state index contributed by atoms with van der Waals surface area (Å²) in [4.78, 5) is 11.9. The molecule has 0 radical (unpaired) electrons. The summed E-state index contributed by atoms with van der Waals surface area (Å²) in [7, 11) is 0. The number of carbonyl (C=O) groups excluding carboxylic acids is 1. The molecule has 0 bridgehead atoms. The number of ether oxygens (including phenoxy) is 1. The van der Waals surface area contributed by atoms with Crippen LogP contribution in [-0.2, 0) is 9.53 Å². The number of hydrogen-bond donors (Lipinski definition) is 0. The van der Waals surface area contributed by atoms with Crippen LogP contribution in [0.15, 0.2) is 46.7 Å². The van der Waals surface area contributed by atoms with Crippen LogP contribution in [-0.4, -0.2) is 12.6 Å². The molecule has 0 N–H and O–H groups in total. The molecular weight excluding hydrogens is 232 g/mol. The minimum absolute atomic E-state index is 0.131. The molecule has 0 atom stereocenters. The quantitative estimate of drug-likeness (QED) is 0.586. The normalized spacial score (nSPS) is 11.7. The molecule has 0 unspecified atom stereocenters. The molecule has 0 aliphatic heterocycles. The smallest absolute Gasteiger partial charge is 0.302 e. The molecule has 0 amide bonds. The van der Waals surface area contributed by atoms with Gasteiger partial charge in [0.1, 0.15) is 0 Å². The van der Waals surface area contributed by atoms with Crippen molar-refractivity contribution in [3.05, 3.63) is 41.8 Å². The monoisotopic (exact) mass is 250 g/mol. The van der Waals surface area contributed by atoms with E-state index in [2.05, 4.69) is 18.2 Å². The molecule has 17 heavy (non-hydrogen) atoms. The first kappa shape index (κ1) is 13.8. The average Bonchev–Trinajstić information content (AvgIpc) is 2.28. The van der Waals surface area contributed by atoms with Crippen molar-refractivity contribution in [1.82, 2.24) is 0 Å². The molecule has 0 aromatic heterocycles. The van der Waals surface area contributed by atoms with Crippen LogP contribution in [0.4, 0.5) is 0 Å². The highest BCUT2D eigenvalue weighted by Crippen LogP contribution is 2.23. The molecule has 1 rings (SSSR count). The molecule has 0 aliphatic rings. The number of rotatable bonds is 5. The first-order chi connectivity index (χ1) is 7.99. The molecule has 2 nitrogen and oxygen atoms in total. The highest BCUT2D eigenvalue weighted by Gasteiger charge is 2.15. The highest BCUT2D eigenvalue weighted by atomic mass is 32.2. The zero-order valence-corrected chi connectivity index (χ0v) is 11.3. The minimum atomic E-state index is -0.234. The molecule has 0 fully saturated rings. The Bertz CT molecular complexity index is 382. The number of thioether (sulfide) groups is 1. The topological polar surface area (TPSA) is 26.3 Å². The largest absolute Gasteiger partial charge is 0.465 e. The van der Waals surface area contributed by atoms with Gasteiger partial charge in [-0.2, -0.15) is 0 Å².